The molecule has 2 rings (SSSR count). The number of methoxy groups -OCH3 is 1. The molecule has 0 saturated carbocycles. The topological polar surface area (TPSA) is 68.8 Å². The van der Waals surface area contributed by atoms with E-state index in [1.54, 1.807) is 7.11 Å². The van der Waals surface area contributed by atoms with Crippen LogP contribution in [0.15, 0.2) is 35.5 Å². The maximum absolute atomic E-state index is 12.6. The van der Waals surface area contributed by atoms with Crippen molar-refractivity contribution in [2.24, 2.45) is 0 Å². The summed E-state index contributed by atoms with van der Waals surface area (Å²) in [6, 6.07) is 7.36. The van der Waals surface area contributed by atoms with Gasteiger partial charge in [0.15, 0.2) is 5.11 Å². The van der Waals surface area contributed by atoms with Gasteiger partial charge in [-0.25, -0.2) is 4.79 Å². The molecule has 1 aliphatic heterocycles. The minimum atomic E-state index is -0.390. The molecular formula is C21H30N2O4S. The summed E-state index contributed by atoms with van der Waals surface area (Å²) in [6.07, 6.45) is 4.68. The first kappa shape index (κ1) is 22.2. The Balaban J connectivity index is 2.06. The van der Waals surface area contributed by atoms with Gasteiger partial charge in [-0.05, 0) is 43.3 Å². The molecule has 0 saturated heterocycles. The van der Waals surface area contributed by atoms with E-state index >= 15 is 0 Å². The van der Waals surface area contributed by atoms with Crippen LogP contribution in [-0.2, 0) is 14.3 Å². The number of carbonyl (C=O) groups is 1. The first-order chi connectivity index (χ1) is 13.6. The maximum atomic E-state index is 12.6. The number of carbonyl (C=O) groups excluding carboxylic acids is 1. The van der Waals surface area contributed by atoms with Crippen molar-refractivity contribution in [3.8, 4) is 5.75 Å². The normalized spacial score (nSPS) is 16.4. The van der Waals surface area contributed by atoms with Crippen molar-refractivity contribution < 1.29 is 19.0 Å². The molecule has 7 heteroatoms. The Hall–Kier alpha value is -2.12. The number of nitrogens with one attached hydrogen (secondary N) is 2. The van der Waals surface area contributed by atoms with Gasteiger partial charge in [0.05, 0.1) is 24.8 Å². The van der Waals surface area contributed by atoms with Crippen molar-refractivity contribution >= 4 is 23.3 Å². The highest BCUT2D eigenvalue weighted by Gasteiger charge is 2.30. The summed E-state index contributed by atoms with van der Waals surface area (Å²) < 4.78 is 16.1. The summed E-state index contributed by atoms with van der Waals surface area (Å²) in [5.74, 6) is 0.431. The molecule has 28 heavy (non-hydrogen) atoms. The Morgan fingerprint density at radius 1 is 1.11 bits per heavy atom. The molecule has 0 aliphatic carbocycles. The van der Waals surface area contributed by atoms with Gasteiger partial charge in [-0.2, -0.15) is 0 Å². The van der Waals surface area contributed by atoms with Crippen LogP contribution in [0.25, 0.3) is 0 Å². The Bertz CT molecular complexity index is 688. The minimum Gasteiger partial charge on any atom is -0.494 e. The van der Waals surface area contributed by atoms with Gasteiger partial charge < -0.3 is 24.8 Å². The monoisotopic (exact) mass is 406 g/mol. The van der Waals surface area contributed by atoms with Gasteiger partial charge in [-0.3, -0.25) is 0 Å². The van der Waals surface area contributed by atoms with Crippen LogP contribution < -0.4 is 15.4 Å². The number of esters is 1. The molecule has 0 fully saturated rings. The maximum Gasteiger partial charge on any atom is 0.338 e. The number of hydrogen-bond acceptors (Lipinski definition) is 5. The number of rotatable bonds is 11. The molecule has 0 aromatic heterocycles. The van der Waals surface area contributed by atoms with Crippen molar-refractivity contribution in [1.29, 1.82) is 0 Å². The van der Waals surface area contributed by atoms with Gasteiger partial charge in [0.1, 0.15) is 12.4 Å². The minimum absolute atomic E-state index is 0.202. The second-order valence-electron chi connectivity index (χ2n) is 6.68. The van der Waals surface area contributed by atoms with Crippen LogP contribution in [0.5, 0.6) is 5.75 Å². The summed E-state index contributed by atoms with van der Waals surface area (Å²) in [5.41, 5.74) is 2.12. The standard InChI is InChI=1S/C21H30N2O4S/c1-4-5-6-7-12-26-17-10-8-16(9-11-17)19-18(15(2)22-21(28)23-19)20(24)27-14-13-25-3/h8-11,19H,4-7,12-14H2,1-3H3,(H2,22,23,28)/t19-/m1/s1. The van der Waals surface area contributed by atoms with E-state index in [4.69, 9.17) is 26.4 Å². The molecule has 1 aromatic carbocycles. The molecule has 1 heterocycles. The molecular weight excluding hydrogens is 376 g/mol. The highest BCUT2D eigenvalue weighted by molar-refractivity contribution is 7.80. The lowest BCUT2D eigenvalue weighted by atomic mass is 9.95. The lowest BCUT2D eigenvalue weighted by molar-refractivity contribution is -0.140. The van der Waals surface area contributed by atoms with Gasteiger partial charge in [-0.1, -0.05) is 38.3 Å². The predicted molar refractivity (Wildman–Crippen MR) is 113 cm³/mol. The SMILES string of the molecule is CCCCCCOc1ccc([C@H]2NC(=S)NC(C)=C2C(=O)OCCOC)cc1. The Labute approximate surface area is 172 Å². The van der Waals surface area contributed by atoms with Gasteiger partial charge in [0.25, 0.3) is 0 Å². The quantitative estimate of drug-likeness (QED) is 0.330. The van der Waals surface area contributed by atoms with E-state index in [-0.39, 0.29) is 12.6 Å². The van der Waals surface area contributed by atoms with Crippen molar-refractivity contribution in [3.63, 3.8) is 0 Å². The van der Waals surface area contributed by atoms with Crippen molar-refractivity contribution in [2.75, 3.05) is 26.9 Å². The molecule has 1 aromatic rings. The molecule has 0 amide bonds. The van der Waals surface area contributed by atoms with Crippen molar-refractivity contribution in [2.45, 2.75) is 45.6 Å². The summed E-state index contributed by atoms with van der Waals surface area (Å²) in [5, 5.41) is 6.64. The van der Waals surface area contributed by atoms with Gasteiger partial charge in [-0.15, -0.1) is 0 Å². The Kier molecular flexibility index (Phi) is 9.23. The van der Waals surface area contributed by atoms with Crippen LogP contribution in [0.3, 0.4) is 0 Å². The summed E-state index contributed by atoms with van der Waals surface area (Å²) in [7, 11) is 1.57. The van der Waals surface area contributed by atoms with Crippen LogP contribution >= 0.6 is 12.2 Å². The smallest absolute Gasteiger partial charge is 0.338 e. The van der Waals surface area contributed by atoms with Gasteiger partial charge in [0, 0.05) is 12.8 Å². The summed E-state index contributed by atoms with van der Waals surface area (Å²) in [4.78, 5) is 12.6. The molecule has 0 bridgehead atoms. The molecule has 1 aliphatic rings. The second kappa shape index (κ2) is 11.7. The zero-order valence-corrected chi connectivity index (χ0v) is 17.7. The average Bonchev–Trinajstić information content (AvgIpc) is 2.68. The number of ether oxygens (including phenoxy) is 3. The van der Waals surface area contributed by atoms with Crippen LogP contribution in [0.2, 0.25) is 0 Å². The van der Waals surface area contributed by atoms with E-state index < -0.39 is 5.97 Å². The fourth-order valence-electron chi connectivity index (χ4n) is 2.99. The van der Waals surface area contributed by atoms with E-state index in [2.05, 4.69) is 17.6 Å². The number of unbranched alkanes of at least 4 members (excludes halogenated alkanes) is 3. The fraction of sp³-hybridized carbons (Fsp3) is 0.524. The molecule has 1 atom stereocenters. The first-order valence-electron chi connectivity index (χ1n) is 9.74. The van der Waals surface area contributed by atoms with E-state index in [0.717, 1.165) is 17.7 Å². The lowest BCUT2D eigenvalue weighted by Crippen LogP contribution is -2.45. The molecule has 6 nitrogen and oxygen atoms in total. The first-order valence-corrected chi connectivity index (χ1v) is 10.1. The van der Waals surface area contributed by atoms with E-state index in [1.807, 2.05) is 31.2 Å². The van der Waals surface area contributed by atoms with Crippen molar-refractivity contribution in [3.05, 3.63) is 41.1 Å². The number of thiocarbonyl (C=S) groups is 1. The lowest BCUT2D eigenvalue weighted by Gasteiger charge is -2.30. The van der Waals surface area contributed by atoms with Crippen LogP contribution in [0, 0.1) is 0 Å². The molecule has 0 spiro atoms. The highest BCUT2D eigenvalue weighted by Crippen LogP contribution is 2.29. The van der Waals surface area contributed by atoms with Crippen LogP contribution in [0.1, 0.15) is 51.1 Å². The molecule has 154 valence electrons. The van der Waals surface area contributed by atoms with Gasteiger partial charge in [0.2, 0.25) is 0 Å². The van der Waals surface area contributed by atoms with Gasteiger partial charge >= 0.3 is 5.97 Å². The Morgan fingerprint density at radius 3 is 2.54 bits per heavy atom. The average molecular weight is 407 g/mol. The Morgan fingerprint density at radius 2 is 1.86 bits per heavy atom. The zero-order chi connectivity index (χ0) is 20.4. The third-order valence-corrected chi connectivity index (χ3v) is 4.71. The molecule has 0 radical (unpaired) electrons. The van der Waals surface area contributed by atoms with Crippen molar-refractivity contribution in [1.82, 2.24) is 10.6 Å². The molecule has 0 unspecified atom stereocenters. The molecule has 2 N–H and O–H groups in total. The third-order valence-electron chi connectivity index (χ3n) is 4.49. The number of hydrogen-bond donors (Lipinski definition) is 2. The summed E-state index contributed by atoms with van der Waals surface area (Å²) in [6.45, 7) is 5.28. The number of benzene rings is 1. The van der Waals surface area contributed by atoms with Crippen LogP contribution in [0.4, 0.5) is 0 Å². The largest absolute Gasteiger partial charge is 0.494 e. The van der Waals surface area contributed by atoms with E-state index in [1.165, 1.54) is 19.3 Å². The number of allylic oxidation sites excluding steroid dienone is 1. The predicted octanol–water partition coefficient (Wildman–Crippen LogP) is 3.63. The highest BCUT2D eigenvalue weighted by atomic mass is 32.1. The summed E-state index contributed by atoms with van der Waals surface area (Å²) >= 11 is 5.27. The zero-order valence-electron chi connectivity index (χ0n) is 16.9. The third kappa shape index (κ3) is 6.49. The van der Waals surface area contributed by atoms with Crippen LogP contribution in [-0.4, -0.2) is 38.0 Å². The fourth-order valence-corrected chi connectivity index (χ4v) is 3.26. The second-order valence-corrected chi connectivity index (χ2v) is 7.09. The van der Waals surface area contributed by atoms with E-state index in [0.29, 0.717) is 29.6 Å². The van der Waals surface area contributed by atoms with E-state index in [9.17, 15) is 4.79 Å².